The Bertz CT molecular complexity index is 4990. The first kappa shape index (κ1) is 103. The number of methoxy groups -OCH3 is 2. The molecule has 8 aromatic rings. The molecule has 20 rings (SSSR count). The molecular formula is C119H162N10O10. The lowest BCUT2D eigenvalue weighted by Gasteiger charge is -2.33. The number of nitrogens with one attached hydrogen (secondary N) is 2. The highest BCUT2D eigenvalue weighted by atomic mass is 16.5. The summed E-state index contributed by atoms with van der Waals surface area (Å²) in [5.41, 5.74) is 23.2. The van der Waals surface area contributed by atoms with Gasteiger partial charge in [-0.05, 0) is 321 Å². The lowest BCUT2D eigenvalue weighted by Crippen LogP contribution is -2.30. The average molecular weight is 1890 g/mol. The van der Waals surface area contributed by atoms with Crippen LogP contribution in [-0.2, 0) is 92.6 Å². The van der Waals surface area contributed by atoms with Gasteiger partial charge in [0.2, 0.25) is 0 Å². The highest BCUT2D eigenvalue weighted by Crippen LogP contribution is 2.50. The number of nitrogens with zero attached hydrogens (tertiary/aromatic N) is 8. The fraction of sp³-hybridized carbons (Fsp3) is 0.563. The number of anilines is 2. The van der Waals surface area contributed by atoms with E-state index in [4.69, 9.17) is 48.4 Å². The standard InChI is InChI=1S/2C30H40N2O2.2C29H39N3O3.CH4/c2*1-22(33)30(28-14-4-3-13-27(28)23-10-8-11-23)32-19-18-26(21-32)34-20-7-6-12-25-17-16-24-9-2-5-15-29(24)31-25;2*1-20(33)28(25-11-4-3-10-24(25)26-18-27(26)34-2)32-16-14-23(19-32)35-17-6-5-9-22-13-12-21-8-7-15-30-29(21)31-22;/h2*3-4,13-14,16-17,23,26,30,33H,1-2,5-12,15,18-21H2;2*3-4,10-13,23,26-28,33H,1,5-9,14-19H2,2H3,(H,30,31);1H4/t26-,30?;26-,30+;23-,26-,27+,28+;23-,26-,27-,28?;/m1111./s1. The van der Waals surface area contributed by atoms with Gasteiger partial charge in [-0.25, -0.2) is 9.97 Å². The Hall–Kier alpha value is -9.16. The number of rotatable bonds is 42. The summed E-state index contributed by atoms with van der Waals surface area (Å²) in [4.78, 5) is 28.8. The molecule has 20 nitrogen and oxygen atoms in total. The summed E-state index contributed by atoms with van der Waals surface area (Å²) >= 11 is 0. The lowest BCUT2D eigenvalue weighted by atomic mass is 9.77. The lowest BCUT2D eigenvalue weighted by molar-refractivity contribution is 0.0522. The zero-order valence-electron chi connectivity index (χ0n) is 82.9. The summed E-state index contributed by atoms with van der Waals surface area (Å²) in [6.07, 6.45) is 42.3. The molecule has 6 aliphatic heterocycles. The zero-order chi connectivity index (χ0) is 95.1. The number of aliphatic hydroxyl groups is 4. The molecular weight excluding hydrogens is 1730 g/mol. The number of unbranched alkanes of at least 4 members (excludes halogenated alkanes) is 4. The number of aromatic nitrogens is 4. The second kappa shape index (κ2) is 51.2. The summed E-state index contributed by atoms with van der Waals surface area (Å²) in [5.74, 6) is 5.18. The van der Waals surface area contributed by atoms with E-state index in [1.54, 1.807) is 14.2 Å². The maximum atomic E-state index is 10.6. The Labute approximate surface area is 830 Å². The molecule has 0 radical (unpaired) electrons. The van der Waals surface area contributed by atoms with Crippen LogP contribution in [0.2, 0.25) is 0 Å². The monoisotopic (exact) mass is 1890 g/mol. The maximum Gasteiger partial charge on any atom is 0.129 e. The number of fused-ring (bicyclic) bond motifs is 4. The van der Waals surface area contributed by atoms with E-state index in [0.717, 1.165) is 256 Å². The van der Waals surface area contributed by atoms with Crippen molar-refractivity contribution < 1.29 is 48.8 Å². The SMILES string of the molecule is C.C=C(O)C(c1ccccc1C1CCC1)N1CC[C@@H](OCCCCc2ccc3c(n2)CCCC3)C1.C=C(O)C(c1ccccc1[C@H]1C[C@H]1OC)N1CC[C@@H](OCCCCc2ccc3c(n2)NCCC3)C1.C=C(O)[C@@H](c1ccccc1C1CCC1)N1CC[C@@H](OCCCCc2ccc3c(n2)CCCC3)C1.C=C(O)[C@@H](c1ccccc1[C@H]1C[C@@H]1OC)N1CC[C@@H](OCCCCc2ccc3c(n2)NCCC3)C1. The summed E-state index contributed by atoms with van der Waals surface area (Å²) in [6.45, 7) is 28.0. The molecule has 139 heavy (non-hydrogen) atoms. The number of aliphatic hydroxyl groups excluding tert-OH is 4. The number of benzene rings is 4. The Balaban J connectivity index is 0.000000134. The van der Waals surface area contributed by atoms with E-state index < -0.39 is 0 Å². The van der Waals surface area contributed by atoms with Crippen molar-refractivity contribution in [2.45, 2.75) is 323 Å². The Kier molecular flexibility index (Phi) is 37.8. The van der Waals surface area contributed by atoms with Crippen LogP contribution < -0.4 is 10.6 Å². The number of likely N-dealkylation sites (tertiary alicyclic amines) is 4. The molecule has 8 fully saturated rings. The summed E-state index contributed by atoms with van der Waals surface area (Å²) in [7, 11) is 3.55. The largest absolute Gasteiger partial charge is 0.511 e. The topological polar surface area (TPSA) is 225 Å². The van der Waals surface area contributed by atoms with Gasteiger partial charge in [0.05, 0.1) is 60.8 Å². The van der Waals surface area contributed by atoms with E-state index in [0.29, 0.717) is 23.7 Å². The van der Waals surface area contributed by atoms with E-state index in [1.807, 2.05) is 0 Å². The number of pyridine rings is 4. The Morgan fingerprint density at radius 2 is 0.626 bits per heavy atom. The van der Waals surface area contributed by atoms with Gasteiger partial charge >= 0.3 is 0 Å². The summed E-state index contributed by atoms with van der Waals surface area (Å²) in [5, 5.41) is 49.1. The van der Waals surface area contributed by atoms with Crippen molar-refractivity contribution in [1.82, 2.24) is 39.5 Å². The van der Waals surface area contributed by atoms with Crippen molar-refractivity contribution in [3.8, 4) is 0 Å². The van der Waals surface area contributed by atoms with E-state index in [-0.39, 0.29) is 91.3 Å². The molecule has 20 heteroatoms. The molecule has 4 saturated carbocycles. The van der Waals surface area contributed by atoms with E-state index in [1.165, 1.54) is 180 Å². The van der Waals surface area contributed by atoms with Gasteiger partial charge < -0.3 is 59.5 Å². The van der Waals surface area contributed by atoms with Crippen LogP contribution in [0.3, 0.4) is 0 Å². The van der Waals surface area contributed by atoms with Crippen molar-refractivity contribution in [2.24, 2.45) is 0 Å². The van der Waals surface area contributed by atoms with Crippen LogP contribution in [0.15, 0.2) is 195 Å². The fourth-order valence-corrected chi connectivity index (χ4v) is 23.4. The van der Waals surface area contributed by atoms with Gasteiger partial charge in [0.25, 0.3) is 0 Å². The van der Waals surface area contributed by atoms with Gasteiger partial charge in [-0.1, -0.05) is 168 Å². The zero-order valence-corrected chi connectivity index (χ0v) is 82.9. The minimum atomic E-state index is -0.193. The van der Waals surface area contributed by atoms with E-state index >= 15 is 0 Å². The quantitative estimate of drug-likeness (QED) is 0.0154. The molecule has 2 unspecified atom stereocenters. The number of hydrogen-bond acceptors (Lipinski definition) is 20. The smallest absolute Gasteiger partial charge is 0.129 e. The first-order valence-corrected chi connectivity index (χ1v) is 53.4. The Morgan fingerprint density at radius 3 is 0.928 bits per heavy atom. The van der Waals surface area contributed by atoms with Crippen LogP contribution in [0.5, 0.6) is 0 Å². The number of hydrogen-bond donors (Lipinski definition) is 6. The third-order valence-electron chi connectivity index (χ3n) is 31.6. The molecule has 6 aliphatic carbocycles. The third kappa shape index (κ3) is 27.4. The first-order valence-electron chi connectivity index (χ1n) is 53.4. The predicted molar refractivity (Wildman–Crippen MR) is 559 cm³/mol. The minimum absolute atomic E-state index is 0. The molecule has 0 amide bonds. The molecule has 748 valence electrons. The molecule has 10 heterocycles. The van der Waals surface area contributed by atoms with Crippen molar-refractivity contribution >= 4 is 11.6 Å². The maximum absolute atomic E-state index is 10.6. The number of aryl methyl sites for hydroxylation is 10. The number of ether oxygens (including phenoxy) is 6. The van der Waals surface area contributed by atoms with Gasteiger partial charge in [-0.2, -0.15) is 0 Å². The van der Waals surface area contributed by atoms with Crippen LogP contribution in [0, 0.1) is 0 Å². The molecule has 0 spiro atoms. The van der Waals surface area contributed by atoms with Gasteiger partial charge in [-0.15, -0.1) is 0 Å². The normalized spacial score (nSPS) is 23.0. The van der Waals surface area contributed by atoms with Crippen LogP contribution in [0.4, 0.5) is 11.6 Å². The molecule has 4 aromatic heterocycles. The van der Waals surface area contributed by atoms with Crippen LogP contribution in [-0.4, -0.2) is 203 Å². The van der Waals surface area contributed by atoms with Gasteiger partial charge in [-0.3, -0.25) is 29.6 Å². The van der Waals surface area contributed by atoms with Crippen molar-refractivity contribution in [3.05, 3.63) is 296 Å². The Morgan fingerprint density at radius 1 is 0.338 bits per heavy atom. The first-order chi connectivity index (χ1) is 67.6. The molecule has 0 bridgehead atoms. The van der Waals surface area contributed by atoms with Crippen LogP contribution >= 0.6 is 0 Å². The van der Waals surface area contributed by atoms with E-state index in [2.05, 4.69) is 202 Å². The van der Waals surface area contributed by atoms with Gasteiger partial charge in [0, 0.05) is 152 Å². The molecule has 12 atom stereocenters. The molecule has 4 aromatic carbocycles. The fourth-order valence-electron chi connectivity index (χ4n) is 23.4. The predicted octanol–water partition coefficient (Wildman–Crippen LogP) is 23.9. The average Bonchev–Trinajstić information content (AvgIpc) is 1.67. The minimum Gasteiger partial charge on any atom is -0.511 e. The molecule has 6 N–H and O–H groups in total. The van der Waals surface area contributed by atoms with Gasteiger partial charge in [0.15, 0.2) is 0 Å². The van der Waals surface area contributed by atoms with Crippen LogP contribution in [0.25, 0.3) is 0 Å². The molecule has 12 aliphatic rings. The molecule has 4 saturated heterocycles. The second-order valence-corrected chi connectivity index (χ2v) is 41.4. The van der Waals surface area contributed by atoms with Crippen LogP contribution in [0.1, 0.15) is 323 Å². The second-order valence-electron chi connectivity index (χ2n) is 41.4. The van der Waals surface area contributed by atoms with Crippen molar-refractivity contribution in [2.75, 3.05) is 117 Å². The summed E-state index contributed by atoms with van der Waals surface area (Å²) in [6, 6.07) is 51.4. The van der Waals surface area contributed by atoms with Crippen molar-refractivity contribution in [1.29, 1.82) is 0 Å². The highest BCUT2D eigenvalue weighted by molar-refractivity contribution is 5.49. The van der Waals surface area contributed by atoms with Crippen molar-refractivity contribution in [3.63, 3.8) is 0 Å². The summed E-state index contributed by atoms with van der Waals surface area (Å²) < 4.78 is 36.1. The van der Waals surface area contributed by atoms with E-state index in [9.17, 15) is 20.4 Å². The van der Waals surface area contributed by atoms with Gasteiger partial charge in [0.1, 0.15) is 34.7 Å². The third-order valence-corrected chi connectivity index (χ3v) is 31.6. The highest BCUT2D eigenvalue weighted by Gasteiger charge is 2.45.